The van der Waals surface area contributed by atoms with Crippen molar-refractivity contribution in [3.05, 3.63) is 76.1 Å². The molecule has 5 N–H and O–H groups in total. The Bertz CT molecular complexity index is 1670. The Labute approximate surface area is 274 Å². The molecule has 0 radical (unpaired) electrons. The first-order chi connectivity index (χ1) is 21.1. The number of carboxylic acid groups (broad SMARTS) is 1. The van der Waals surface area contributed by atoms with Crippen LogP contribution in [0, 0.1) is 10.1 Å². The summed E-state index contributed by atoms with van der Waals surface area (Å²) in [5.74, 6) is -2.43. The number of aromatic nitrogens is 4. The van der Waals surface area contributed by atoms with Gasteiger partial charge >= 0.3 is 41.3 Å². The number of nitro benzene ring substituents is 1. The zero-order valence-corrected chi connectivity index (χ0v) is 25.3. The molecule has 1 saturated heterocycles. The van der Waals surface area contributed by atoms with E-state index < -0.39 is 65.7 Å². The normalized spacial score (nSPS) is 20.9. The van der Waals surface area contributed by atoms with Crippen LogP contribution in [-0.2, 0) is 27.5 Å². The molecule has 18 nitrogen and oxygen atoms in total. The van der Waals surface area contributed by atoms with Crippen LogP contribution in [0.4, 0.5) is 16.4 Å². The molecule has 19 heteroatoms. The van der Waals surface area contributed by atoms with Crippen LogP contribution in [-0.4, -0.2) is 82.9 Å². The maximum Gasteiger partial charge on any atom is 1.00 e. The average Bonchev–Trinajstić information content (AvgIpc) is 3.48. The zero-order chi connectivity index (χ0) is 31.4. The zero-order valence-electron chi connectivity index (χ0n) is 23.3. The van der Waals surface area contributed by atoms with Gasteiger partial charge in [0, 0.05) is 6.07 Å². The number of carbonyl (C=O) groups is 2. The van der Waals surface area contributed by atoms with Crippen molar-refractivity contribution in [1.82, 2.24) is 19.9 Å². The Morgan fingerprint density at radius 2 is 1.78 bits per heavy atom. The van der Waals surface area contributed by atoms with Crippen LogP contribution in [0.2, 0.25) is 0 Å². The van der Waals surface area contributed by atoms with Crippen LogP contribution >= 0.6 is 0 Å². The van der Waals surface area contributed by atoms with Crippen molar-refractivity contribution in [2.75, 3.05) is 5.32 Å². The van der Waals surface area contributed by atoms with Gasteiger partial charge in [-0.2, -0.15) is 9.97 Å². The maximum absolute atomic E-state index is 12.5. The SMILES string of the molecule is O=C(Nc1nc(OCc2ccccc2)c2[nH]cnc2n1)OCc1ccc(O[C@@H]2OC(C(=O)[O-])[C@@H](O)C(O)[C@@H]2O)c([N+](=O)[O-])c1.[Na+]. The monoisotopic (exact) mass is 634 g/mol. The largest absolute Gasteiger partial charge is 1.00 e. The predicted octanol–water partition coefficient (Wildman–Crippen LogP) is -3.47. The van der Waals surface area contributed by atoms with Crippen molar-refractivity contribution in [1.29, 1.82) is 0 Å². The number of aliphatic hydroxyl groups is 3. The minimum Gasteiger partial charge on any atom is -0.547 e. The number of nitrogens with zero attached hydrogens (tertiary/aromatic N) is 4. The Balaban J connectivity index is 0.00000461. The van der Waals surface area contributed by atoms with Crippen molar-refractivity contribution < 1.29 is 83.4 Å². The number of fused-ring (bicyclic) bond motifs is 1. The summed E-state index contributed by atoms with van der Waals surface area (Å²) >= 11 is 0. The van der Waals surface area contributed by atoms with Crippen molar-refractivity contribution in [2.24, 2.45) is 0 Å². The van der Waals surface area contributed by atoms with Gasteiger partial charge in [-0.1, -0.05) is 36.4 Å². The third-order valence-corrected chi connectivity index (χ3v) is 6.32. The summed E-state index contributed by atoms with van der Waals surface area (Å²) in [6.45, 7) is -0.269. The van der Waals surface area contributed by atoms with Gasteiger partial charge in [0.25, 0.3) is 0 Å². The van der Waals surface area contributed by atoms with Gasteiger partial charge in [-0.15, -0.1) is 0 Å². The number of carboxylic acids is 1. The fourth-order valence-electron chi connectivity index (χ4n) is 4.13. The van der Waals surface area contributed by atoms with Gasteiger partial charge in [-0.25, -0.2) is 9.78 Å². The van der Waals surface area contributed by atoms with Crippen LogP contribution in [0.1, 0.15) is 11.1 Å². The minimum absolute atomic E-state index is 0. The van der Waals surface area contributed by atoms with E-state index in [-0.39, 0.29) is 59.2 Å². The van der Waals surface area contributed by atoms with Gasteiger partial charge in [-0.05, 0) is 17.2 Å². The smallest absolute Gasteiger partial charge is 0.547 e. The van der Waals surface area contributed by atoms with Crippen LogP contribution in [0.15, 0.2) is 54.9 Å². The molecule has 2 aromatic carbocycles. The number of benzene rings is 2. The second-order valence-electron chi connectivity index (χ2n) is 9.32. The van der Waals surface area contributed by atoms with E-state index in [1.54, 1.807) is 0 Å². The van der Waals surface area contributed by atoms with Crippen molar-refractivity contribution in [3.8, 4) is 11.6 Å². The molecular formula is C26H23N6NaO12. The van der Waals surface area contributed by atoms with Crippen molar-refractivity contribution in [3.63, 3.8) is 0 Å². The van der Waals surface area contributed by atoms with Crippen LogP contribution in [0.3, 0.4) is 0 Å². The van der Waals surface area contributed by atoms with E-state index >= 15 is 0 Å². The summed E-state index contributed by atoms with van der Waals surface area (Å²) in [6.07, 6.45) is -9.60. The molecule has 2 unspecified atom stereocenters. The summed E-state index contributed by atoms with van der Waals surface area (Å²) in [6, 6.07) is 12.7. The first-order valence-corrected chi connectivity index (χ1v) is 12.8. The number of imidazole rings is 1. The molecular weight excluding hydrogens is 611 g/mol. The number of rotatable bonds is 10. The molecule has 0 spiro atoms. The summed E-state index contributed by atoms with van der Waals surface area (Å²) < 4.78 is 21.1. The van der Waals surface area contributed by atoms with Gasteiger partial charge in [0.1, 0.15) is 43.1 Å². The number of amides is 1. The number of anilines is 1. The number of hydrogen-bond donors (Lipinski definition) is 5. The first kappa shape index (κ1) is 33.5. The van der Waals surface area contributed by atoms with Gasteiger partial charge in [0.05, 0.1) is 17.2 Å². The molecule has 1 fully saturated rings. The van der Waals surface area contributed by atoms with E-state index in [4.69, 9.17) is 18.9 Å². The topological polar surface area (TPSA) is 264 Å². The second kappa shape index (κ2) is 14.6. The number of nitrogens with one attached hydrogen (secondary N) is 2. The molecule has 2 aromatic heterocycles. The summed E-state index contributed by atoms with van der Waals surface area (Å²) in [7, 11) is 0. The summed E-state index contributed by atoms with van der Waals surface area (Å²) in [5, 5.41) is 55.1. The fraction of sp³-hybridized carbons (Fsp3) is 0.269. The number of aliphatic carboxylic acids is 1. The number of H-pyrrole nitrogens is 1. The summed E-state index contributed by atoms with van der Waals surface area (Å²) in [4.78, 5) is 49.8. The quantitative estimate of drug-likeness (QED) is 0.0644. The molecule has 0 aliphatic carbocycles. The molecule has 3 heterocycles. The number of aromatic amines is 1. The Morgan fingerprint density at radius 3 is 2.49 bits per heavy atom. The van der Waals surface area contributed by atoms with Gasteiger partial charge in [0.15, 0.2) is 11.4 Å². The number of nitro groups is 1. The number of ether oxygens (including phenoxy) is 4. The molecule has 0 saturated carbocycles. The third-order valence-electron chi connectivity index (χ3n) is 6.32. The summed E-state index contributed by atoms with van der Waals surface area (Å²) in [5.41, 5.74) is 0.966. The number of aliphatic hydroxyl groups excluding tert-OH is 3. The number of hydrogen-bond acceptors (Lipinski definition) is 15. The fourth-order valence-corrected chi connectivity index (χ4v) is 4.13. The third kappa shape index (κ3) is 7.81. The average molecular weight is 634 g/mol. The van der Waals surface area contributed by atoms with E-state index in [1.807, 2.05) is 30.3 Å². The molecule has 5 rings (SSSR count). The van der Waals surface area contributed by atoms with Crippen molar-refractivity contribution in [2.45, 2.75) is 43.9 Å². The Hall–Kier alpha value is -4.43. The Morgan fingerprint density at radius 1 is 1.02 bits per heavy atom. The predicted molar refractivity (Wildman–Crippen MR) is 142 cm³/mol. The van der Waals surface area contributed by atoms with Crippen LogP contribution in [0.5, 0.6) is 11.6 Å². The van der Waals surface area contributed by atoms with E-state index in [0.29, 0.717) is 5.52 Å². The molecule has 5 atom stereocenters. The first-order valence-electron chi connectivity index (χ1n) is 12.8. The van der Waals surface area contributed by atoms with Gasteiger partial charge in [0.2, 0.25) is 18.1 Å². The van der Waals surface area contributed by atoms with Gasteiger partial charge < -0.3 is 49.2 Å². The Kier molecular flexibility index (Phi) is 10.8. The molecule has 1 aliphatic heterocycles. The molecule has 45 heavy (non-hydrogen) atoms. The molecule has 1 aliphatic rings. The molecule has 1 amide bonds. The molecule has 230 valence electrons. The number of carbonyl (C=O) groups excluding carboxylic acids is 2. The van der Waals surface area contributed by atoms with Gasteiger partial charge in [-0.3, -0.25) is 15.4 Å². The maximum atomic E-state index is 12.5. The van der Waals surface area contributed by atoms with E-state index in [9.17, 15) is 40.1 Å². The van der Waals surface area contributed by atoms with E-state index in [0.717, 1.165) is 17.7 Å². The van der Waals surface area contributed by atoms with Crippen LogP contribution < -0.4 is 49.5 Å². The standard InChI is InChI=1S/C26H24N6O12.Na/c33-17-18(34)20(23(36)37)44-24(19(17)35)43-15-7-6-13(8-14(15)32(39)40)10-42-26(38)31-25-29-21-16(27-11-28-21)22(30-25)41-9-12-4-2-1-3-5-12;/h1-8,11,17-20,24,33-35H,9-10H2,(H,36,37)(H2,27,28,29,30,31,38);/q;+1/p-1/t17?,18-,19-,20?,24+;/m0./s1. The van der Waals surface area contributed by atoms with E-state index in [2.05, 4.69) is 25.3 Å². The van der Waals surface area contributed by atoms with E-state index in [1.165, 1.54) is 12.4 Å². The van der Waals surface area contributed by atoms with Crippen LogP contribution in [0.25, 0.3) is 11.2 Å². The minimum atomic E-state index is -2.08. The van der Waals surface area contributed by atoms with Crippen molar-refractivity contribution >= 4 is 34.9 Å². The second-order valence-corrected chi connectivity index (χ2v) is 9.32. The molecule has 0 bridgehead atoms. The molecule has 4 aromatic rings.